The van der Waals surface area contributed by atoms with E-state index in [0.717, 1.165) is 11.1 Å². The third kappa shape index (κ3) is 1.66. The van der Waals surface area contributed by atoms with Gasteiger partial charge in [0.2, 0.25) is 0 Å². The van der Waals surface area contributed by atoms with Crippen molar-refractivity contribution in [2.75, 3.05) is 0 Å². The summed E-state index contributed by atoms with van der Waals surface area (Å²) < 4.78 is 1.82. The molecule has 0 amide bonds. The minimum absolute atomic E-state index is 0.365. The van der Waals surface area contributed by atoms with Crippen LogP contribution in [0.25, 0.3) is 11.1 Å². The van der Waals surface area contributed by atoms with E-state index < -0.39 is 0 Å². The zero-order valence-electron chi connectivity index (χ0n) is 8.56. The highest BCUT2D eigenvalue weighted by Crippen LogP contribution is 2.36. The molecule has 0 bridgehead atoms. The lowest BCUT2D eigenvalue weighted by Gasteiger charge is -1.96. The molecule has 2 heterocycles. The first-order chi connectivity index (χ1) is 7.93. The summed E-state index contributed by atoms with van der Waals surface area (Å²) in [5.41, 5.74) is 2.09. The Morgan fingerprint density at radius 3 is 2.44 bits per heavy atom. The van der Waals surface area contributed by atoms with Gasteiger partial charge in [0, 0.05) is 0 Å². The second kappa shape index (κ2) is 3.95. The van der Waals surface area contributed by atoms with E-state index in [1.54, 1.807) is 0 Å². The van der Waals surface area contributed by atoms with Crippen molar-refractivity contribution < 1.29 is 0 Å². The number of hydrogen-bond acceptors (Lipinski definition) is 2. The summed E-state index contributed by atoms with van der Waals surface area (Å²) >= 11 is 0. The molecule has 0 saturated carbocycles. The molecule has 0 aliphatic rings. The zero-order valence-corrected chi connectivity index (χ0v) is 9.46. The summed E-state index contributed by atoms with van der Waals surface area (Å²) in [4.78, 5) is 0. The summed E-state index contributed by atoms with van der Waals surface area (Å²) in [7, 11) is -0.365. The van der Waals surface area contributed by atoms with Crippen LogP contribution in [0.3, 0.4) is 0 Å². The molecule has 0 aliphatic carbocycles. The fraction of sp³-hybridized carbons (Fsp3) is 0. The van der Waals surface area contributed by atoms with Crippen molar-refractivity contribution in [1.29, 1.82) is 0 Å². The van der Waals surface area contributed by atoms with Gasteiger partial charge >= 0.3 is 0 Å². The predicted octanol–water partition coefficient (Wildman–Crippen LogP) is 3.24. The molecule has 3 aromatic rings. The van der Waals surface area contributed by atoms with Gasteiger partial charge in [0.15, 0.2) is 0 Å². The lowest BCUT2D eigenvalue weighted by Crippen LogP contribution is -1.93. The third-order valence-electron chi connectivity index (χ3n) is 2.37. The van der Waals surface area contributed by atoms with Gasteiger partial charge in [0.05, 0.1) is 11.9 Å². The van der Waals surface area contributed by atoms with Gasteiger partial charge in [-0.25, -0.2) is 4.68 Å². The molecule has 2 aromatic heterocycles. The van der Waals surface area contributed by atoms with Gasteiger partial charge in [-0.3, -0.25) is 0 Å². The van der Waals surface area contributed by atoms with Crippen LogP contribution >= 0.6 is 7.53 Å². The van der Waals surface area contributed by atoms with Crippen LogP contribution in [-0.4, -0.2) is 15.0 Å². The number of benzene rings is 1. The summed E-state index contributed by atoms with van der Waals surface area (Å²) in [6.07, 6.45) is 2.00. The van der Waals surface area contributed by atoms with Gasteiger partial charge in [-0.15, -0.1) is 5.10 Å². The lowest BCUT2D eigenvalue weighted by atomic mass is 10.3. The van der Waals surface area contributed by atoms with E-state index in [1.807, 2.05) is 41.2 Å². The maximum atomic E-state index is 4.21. The topological polar surface area (TPSA) is 30.7 Å². The van der Waals surface area contributed by atoms with Crippen LogP contribution in [0, 0.1) is 0 Å². The van der Waals surface area contributed by atoms with E-state index in [2.05, 4.69) is 34.0 Å². The first-order valence-corrected chi connectivity index (χ1v) is 6.52. The summed E-state index contributed by atoms with van der Waals surface area (Å²) in [5.74, 6) is 4.35. The zero-order chi connectivity index (χ0) is 10.8. The number of para-hydroxylation sites is 1. The maximum absolute atomic E-state index is 4.21. The van der Waals surface area contributed by atoms with Crippen molar-refractivity contribution in [3.05, 3.63) is 60.3 Å². The van der Waals surface area contributed by atoms with E-state index >= 15 is 0 Å². The highest BCUT2D eigenvalue weighted by molar-refractivity contribution is 7.55. The van der Waals surface area contributed by atoms with Crippen LogP contribution < -0.4 is 0 Å². The number of nitrogens with zero attached hydrogens (tertiary/aromatic N) is 3. The lowest BCUT2D eigenvalue weighted by molar-refractivity contribution is 0.804. The highest BCUT2D eigenvalue weighted by atomic mass is 31.1. The Morgan fingerprint density at radius 1 is 0.938 bits per heavy atom. The number of aromatic nitrogens is 3. The fourth-order valence-electron chi connectivity index (χ4n) is 1.57. The third-order valence-corrected chi connectivity index (χ3v) is 4.09. The molecule has 0 fully saturated rings. The molecule has 1 aromatic carbocycles. The Morgan fingerprint density at radius 2 is 1.69 bits per heavy atom. The van der Waals surface area contributed by atoms with Gasteiger partial charge in [-0.1, -0.05) is 43.1 Å². The molecule has 0 saturated heterocycles. The molecule has 0 spiro atoms. The molecule has 3 nitrogen and oxygen atoms in total. The van der Waals surface area contributed by atoms with Crippen molar-refractivity contribution in [2.24, 2.45) is 0 Å². The van der Waals surface area contributed by atoms with Gasteiger partial charge in [0.1, 0.15) is 5.44 Å². The first kappa shape index (κ1) is 9.37. The Bertz CT molecular complexity index is 569. The first-order valence-electron chi connectivity index (χ1n) is 5.04. The van der Waals surface area contributed by atoms with Crippen molar-refractivity contribution in [3.8, 4) is 11.1 Å². The Balaban J connectivity index is 2.00. The molecule has 3 rings (SSSR count). The average Bonchev–Trinajstić information content (AvgIpc) is 3.01. The van der Waals surface area contributed by atoms with Gasteiger partial charge in [-0.2, -0.15) is 0 Å². The minimum atomic E-state index is -0.365. The standard InChI is InChI=1S/C12H10N3P/c1-2-6-11(7-3-1)15-10-12(13-14-15)16-8-4-5-9-16/h1-10H. The highest BCUT2D eigenvalue weighted by Gasteiger charge is 2.03. The van der Waals surface area contributed by atoms with Crippen molar-refractivity contribution in [1.82, 2.24) is 15.0 Å². The van der Waals surface area contributed by atoms with Gasteiger partial charge in [0.25, 0.3) is 0 Å². The molecule has 4 heteroatoms. The molecule has 0 atom stereocenters. The Hall–Kier alpha value is -1.86. The van der Waals surface area contributed by atoms with Crippen molar-refractivity contribution >= 4 is 7.53 Å². The van der Waals surface area contributed by atoms with E-state index in [9.17, 15) is 0 Å². The van der Waals surface area contributed by atoms with E-state index in [1.165, 1.54) is 0 Å². The van der Waals surface area contributed by atoms with Crippen molar-refractivity contribution in [3.63, 3.8) is 0 Å². The monoisotopic (exact) mass is 227 g/mol. The summed E-state index contributed by atoms with van der Waals surface area (Å²) in [5, 5.41) is 8.36. The molecule has 0 N–H and O–H groups in total. The molecular weight excluding hydrogens is 217 g/mol. The molecule has 78 valence electrons. The van der Waals surface area contributed by atoms with Crippen LogP contribution in [-0.2, 0) is 0 Å². The smallest absolute Gasteiger partial charge is 0.128 e. The van der Waals surface area contributed by atoms with E-state index in [4.69, 9.17) is 0 Å². The largest absolute Gasteiger partial charge is 0.220 e. The Labute approximate surface area is 94.4 Å². The number of rotatable bonds is 2. The average molecular weight is 227 g/mol. The van der Waals surface area contributed by atoms with E-state index in [0.29, 0.717) is 0 Å². The van der Waals surface area contributed by atoms with Crippen LogP contribution in [0.1, 0.15) is 0 Å². The molecule has 0 aliphatic heterocycles. The summed E-state index contributed by atoms with van der Waals surface area (Å²) in [6, 6.07) is 14.2. The normalized spacial score (nSPS) is 10.5. The Kier molecular flexibility index (Phi) is 2.31. The summed E-state index contributed by atoms with van der Waals surface area (Å²) in [6.45, 7) is 0. The minimum Gasteiger partial charge on any atom is -0.220 e. The fourth-order valence-corrected chi connectivity index (χ4v) is 2.93. The second-order valence-electron chi connectivity index (χ2n) is 3.45. The van der Waals surface area contributed by atoms with E-state index in [-0.39, 0.29) is 7.53 Å². The number of hydrogen-bond donors (Lipinski definition) is 0. The predicted molar refractivity (Wildman–Crippen MR) is 65.4 cm³/mol. The van der Waals surface area contributed by atoms with Gasteiger partial charge in [-0.05, 0) is 23.7 Å². The van der Waals surface area contributed by atoms with Crippen LogP contribution in [0.4, 0.5) is 0 Å². The second-order valence-corrected chi connectivity index (χ2v) is 5.32. The van der Waals surface area contributed by atoms with Gasteiger partial charge < -0.3 is 0 Å². The molecule has 16 heavy (non-hydrogen) atoms. The van der Waals surface area contributed by atoms with Crippen LogP contribution in [0.15, 0.2) is 60.3 Å². The maximum Gasteiger partial charge on any atom is 0.128 e. The van der Waals surface area contributed by atoms with Crippen LogP contribution in [0.2, 0.25) is 0 Å². The molecule has 0 radical (unpaired) electrons. The van der Waals surface area contributed by atoms with Crippen LogP contribution in [0.5, 0.6) is 0 Å². The SMILES string of the molecule is c1ccc(-n2cc(-p3cccc3)nn2)cc1. The molecular formula is C12H10N3P. The van der Waals surface area contributed by atoms with Crippen molar-refractivity contribution in [2.45, 2.75) is 0 Å². The molecule has 0 unspecified atom stereocenters. The quantitative estimate of drug-likeness (QED) is 0.672.